The molecular weight excluding hydrogens is 234 g/mol. The molecule has 0 aromatic heterocycles. The van der Waals surface area contributed by atoms with Crippen LogP contribution in [0.25, 0.3) is 0 Å². The van der Waals surface area contributed by atoms with E-state index in [0.717, 1.165) is 12.1 Å². The maximum Gasteiger partial charge on any atom is 0.307 e. The first-order valence-corrected chi connectivity index (χ1v) is 4.26. The van der Waals surface area contributed by atoms with Crippen molar-refractivity contribution in [3.05, 3.63) is 37.9 Å². The summed E-state index contributed by atoms with van der Waals surface area (Å²) in [6.07, 6.45) is -0.554. The van der Waals surface area contributed by atoms with Gasteiger partial charge in [-0.25, -0.2) is 0 Å². The largest absolute Gasteiger partial charge is 0.481 e. The lowest BCUT2D eigenvalue weighted by Crippen LogP contribution is -2.05. The van der Waals surface area contributed by atoms with Gasteiger partial charge in [0.2, 0.25) is 0 Å². The fraction of sp³-hybridized carbons (Fsp3) is 0.125. The number of nitrogens with two attached hydrogens (primary N) is 1. The zero-order valence-electron chi connectivity index (χ0n) is 8.32. The van der Waals surface area contributed by atoms with Crippen LogP contribution < -0.4 is 5.73 Å². The topological polar surface area (TPSA) is 150 Å². The van der Waals surface area contributed by atoms with Crippen molar-refractivity contribution in [2.24, 2.45) is 0 Å². The monoisotopic (exact) mass is 241 g/mol. The number of nitro benzene ring substituents is 2. The zero-order chi connectivity index (χ0) is 13.2. The number of hydrogen-bond acceptors (Lipinski definition) is 6. The standard InChI is InChI=1S/C8H7N3O6/c9-8-5(10(14)15)1-4(3-7(12)13)2-6(8)11(16)17/h1-2H,3,9H2,(H,12,13). The Bertz CT molecular complexity index is 477. The smallest absolute Gasteiger partial charge is 0.307 e. The first-order chi connectivity index (χ1) is 7.82. The molecule has 1 aromatic carbocycles. The van der Waals surface area contributed by atoms with Gasteiger partial charge >= 0.3 is 5.97 Å². The molecule has 1 rings (SSSR count). The predicted octanol–water partition coefficient (Wildman–Crippen LogP) is 0.712. The third kappa shape index (κ3) is 2.65. The van der Waals surface area contributed by atoms with Crippen LogP contribution in [-0.4, -0.2) is 20.9 Å². The SMILES string of the molecule is Nc1c([N+](=O)[O-])cc(CC(=O)O)cc1[N+](=O)[O-]. The third-order valence-electron chi connectivity index (χ3n) is 1.94. The minimum Gasteiger partial charge on any atom is -0.481 e. The molecule has 0 fully saturated rings. The number of carbonyl (C=O) groups is 1. The lowest BCUT2D eigenvalue weighted by molar-refractivity contribution is -0.392. The van der Waals surface area contributed by atoms with Crippen LogP contribution in [0.4, 0.5) is 17.1 Å². The molecule has 1 aromatic rings. The molecule has 3 N–H and O–H groups in total. The summed E-state index contributed by atoms with van der Waals surface area (Å²) in [6, 6.07) is 1.83. The van der Waals surface area contributed by atoms with Crippen molar-refractivity contribution in [3.8, 4) is 0 Å². The number of aliphatic carboxylic acids is 1. The summed E-state index contributed by atoms with van der Waals surface area (Å²) >= 11 is 0. The van der Waals surface area contributed by atoms with Crippen molar-refractivity contribution in [1.29, 1.82) is 0 Å². The van der Waals surface area contributed by atoms with Gasteiger partial charge in [-0.3, -0.25) is 25.0 Å². The van der Waals surface area contributed by atoms with Crippen LogP contribution in [0.5, 0.6) is 0 Å². The Labute approximate surface area is 93.8 Å². The maximum atomic E-state index is 10.6. The molecule has 9 nitrogen and oxygen atoms in total. The molecule has 0 saturated heterocycles. The minimum absolute atomic E-state index is 0.0508. The Morgan fingerprint density at radius 1 is 1.24 bits per heavy atom. The van der Waals surface area contributed by atoms with Gasteiger partial charge in [0.25, 0.3) is 11.4 Å². The molecule has 0 atom stereocenters. The number of carboxylic acid groups (broad SMARTS) is 1. The van der Waals surface area contributed by atoms with E-state index in [2.05, 4.69) is 0 Å². The van der Waals surface area contributed by atoms with Crippen molar-refractivity contribution in [2.45, 2.75) is 6.42 Å². The summed E-state index contributed by atoms with van der Waals surface area (Å²) in [7, 11) is 0. The van der Waals surface area contributed by atoms with Gasteiger partial charge in [0.1, 0.15) is 0 Å². The van der Waals surface area contributed by atoms with Gasteiger partial charge in [-0.2, -0.15) is 0 Å². The van der Waals surface area contributed by atoms with Crippen molar-refractivity contribution in [3.63, 3.8) is 0 Å². The van der Waals surface area contributed by atoms with Gasteiger partial charge in [0.15, 0.2) is 5.69 Å². The molecule has 0 aliphatic rings. The van der Waals surface area contributed by atoms with Gasteiger partial charge < -0.3 is 10.8 Å². The minimum atomic E-state index is -1.25. The van der Waals surface area contributed by atoms with Gasteiger partial charge in [-0.05, 0) is 5.56 Å². The van der Waals surface area contributed by atoms with Crippen molar-refractivity contribution >= 4 is 23.0 Å². The Morgan fingerprint density at radius 2 is 1.65 bits per heavy atom. The summed E-state index contributed by atoms with van der Waals surface area (Å²) in [6.45, 7) is 0. The molecule has 0 amide bonds. The summed E-state index contributed by atoms with van der Waals surface area (Å²) in [5.41, 5.74) is 3.27. The van der Waals surface area contributed by atoms with Crippen LogP contribution in [0, 0.1) is 20.2 Å². The number of anilines is 1. The predicted molar refractivity (Wildman–Crippen MR) is 55.5 cm³/mol. The summed E-state index contributed by atoms with van der Waals surface area (Å²) in [5.74, 6) is -1.25. The third-order valence-corrected chi connectivity index (χ3v) is 1.94. The Kier molecular flexibility index (Phi) is 3.22. The van der Waals surface area contributed by atoms with E-state index in [0.29, 0.717) is 0 Å². The summed E-state index contributed by atoms with van der Waals surface area (Å²) in [4.78, 5) is 29.8. The van der Waals surface area contributed by atoms with Crippen LogP contribution in [0.15, 0.2) is 12.1 Å². The average Bonchev–Trinajstić information content (AvgIpc) is 2.18. The molecule has 0 aliphatic carbocycles. The van der Waals surface area contributed by atoms with Gasteiger partial charge in [0.05, 0.1) is 16.3 Å². The van der Waals surface area contributed by atoms with E-state index < -0.39 is 39.3 Å². The lowest BCUT2D eigenvalue weighted by atomic mass is 10.1. The first-order valence-electron chi connectivity index (χ1n) is 4.26. The molecule has 0 radical (unpaired) electrons. The molecule has 17 heavy (non-hydrogen) atoms. The molecule has 0 unspecified atom stereocenters. The fourth-order valence-electron chi connectivity index (χ4n) is 1.26. The van der Waals surface area contributed by atoms with E-state index in [1.165, 1.54) is 0 Å². The molecule has 90 valence electrons. The highest BCUT2D eigenvalue weighted by molar-refractivity contribution is 5.76. The van der Waals surface area contributed by atoms with Gasteiger partial charge in [0, 0.05) is 12.1 Å². The number of nitrogen functional groups attached to an aromatic ring is 1. The number of nitrogens with zero attached hydrogens (tertiary/aromatic N) is 2. The van der Waals surface area contributed by atoms with Crippen molar-refractivity contribution in [1.82, 2.24) is 0 Å². The Balaban J connectivity index is 3.41. The summed E-state index contributed by atoms with van der Waals surface area (Å²) < 4.78 is 0. The molecule has 0 saturated carbocycles. The first kappa shape index (κ1) is 12.4. The normalized spacial score (nSPS) is 9.88. The molecule has 0 spiro atoms. The molecular formula is C8H7N3O6. The molecule has 0 bridgehead atoms. The highest BCUT2D eigenvalue weighted by Crippen LogP contribution is 2.32. The van der Waals surface area contributed by atoms with Gasteiger partial charge in [-0.1, -0.05) is 0 Å². The number of carboxylic acids is 1. The fourth-order valence-corrected chi connectivity index (χ4v) is 1.26. The van der Waals surface area contributed by atoms with E-state index >= 15 is 0 Å². The second-order valence-corrected chi connectivity index (χ2v) is 3.13. The number of rotatable bonds is 4. The number of nitro groups is 2. The van der Waals surface area contributed by atoms with E-state index in [1.807, 2.05) is 0 Å². The van der Waals surface area contributed by atoms with Crippen LogP contribution in [-0.2, 0) is 11.2 Å². The van der Waals surface area contributed by atoms with E-state index in [4.69, 9.17) is 10.8 Å². The number of benzene rings is 1. The highest BCUT2D eigenvalue weighted by Gasteiger charge is 2.24. The second-order valence-electron chi connectivity index (χ2n) is 3.13. The van der Waals surface area contributed by atoms with Crippen molar-refractivity contribution in [2.75, 3.05) is 5.73 Å². The van der Waals surface area contributed by atoms with Gasteiger partial charge in [-0.15, -0.1) is 0 Å². The Hall–Kier alpha value is -2.71. The van der Waals surface area contributed by atoms with Crippen LogP contribution in [0.1, 0.15) is 5.56 Å². The quantitative estimate of drug-likeness (QED) is 0.447. The van der Waals surface area contributed by atoms with Crippen LogP contribution in [0.3, 0.4) is 0 Å². The zero-order valence-corrected chi connectivity index (χ0v) is 8.32. The maximum absolute atomic E-state index is 10.6. The van der Waals surface area contributed by atoms with Crippen LogP contribution in [0.2, 0.25) is 0 Å². The van der Waals surface area contributed by atoms with E-state index in [1.54, 1.807) is 0 Å². The second kappa shape index (κ2) is 4.43. The Morgan fingerprint density at radius 3 is 1.94 bits per heavy atom. The molecule has 0 aliphatic heterocycles. The van der Waals surface area contributed by atoms with Crippen LogP contribution >= 0.6 is 0 Å². The molecule has 9 heteroatoms. The number of hydrogen-bond donors (Lipinski definition) is 2. The average molecular weight is 241 g/mol. The van der Waals surface area contributed by atoms with Crippen molar-refractivity contribution < 1.29 is 19.7 Å². The highest BCUT2D eigenvalue weighted by atomic mass is 16.6. The lowest BCUT2D eigenvalue weighted by Gasteiger charge is -2.02. The summed E-state index contributed by atoms with van der Waals surface area (Å²) in [5, 5.41) is 29.7. The van der Waals surface area contributed by atoms with E-state index in [-0.39, 0.29) is 5.56 Å². The van der Waals surface area contributed by atoms with E-state index in [9.17, 15) is 25.0 Å². The molecule has 0 heterocycles.